The molecule has 0 aliphatic heterocycles. The van der Waals surface area contributed by atoms with Crippen molar-refractivity contribution in [2.24, 2.45) is 17.4 Å². The second kappa shape index (κ2) is 22.7. The number of carbonyl (C=O) groups excluding carboxylic acids is 2. The summed E-state index contributed by atoms with van der Waals surface area (Å²) < 4.78 is 4.41. The van der Waals surface area contributed by atoms with Crippen LogP contribution >= 0.6 is 0 Å². The molecule has 172 valence electrons. The fourth-order valence-corrected chi connectivity index (χ4v) is 2.99. The van der Waals surface area contributed by atoms with Crippen LogP contribution in [0, 0.1) is 5.92 Å². The maximum atomic E-state index is 11.2. The molecule has 7 heteroatoms. The summed E-state index contributed by atoms with van der Waals surface area (Å²) in [6, 6.07) is 0. The second-order valence-electron chi connectivity index (χ2n) is 7.57. The molecule has 0 aromatic rings. The highest BCUT2D eigenvalue weighted by Gasteiger charge is 2.16. The second-order valence-corrected chi connectivity index (χ2v) is 7.57. The van der Waals surface area contributed by atoms with Crippen LogP contribution in [-0.2, 0) is 19.1 Å². The van der Waals surface area contributed by atoms with Crippen molar-refractivity contribution in [2.45, 2.75) is 104 Å². The van der Waals surface area contributed by atoms with E-state index in [0.717, 1.165) is 25.7 Å². The summed E-state index contributed by atoms with van der Waals surface area (Å²) in [6.07, 6.45) is 16.8. The van der Waals surface area contributed by atoms with Gasteiger partial charge in [-0.05, 0) is 12.8 Å². The summed E-state index contributed by atoms with van der Waals surface area (Å²) in [6.45, 7) is 3.92. The monoisotopic (exact) mass is 416 g/mol. The van der Waals surface area contributed by atoms with E-state index in [0.29, 0.717) is 0 Å². The fourth-order valence-electron chi connectivity index (χ4n) is 2.99. The van der Waals surface area contributed by atoms with Gasteiger partial charge in [0, 0.05) is 0 Å². The molecule has 0 saturated heterocycles. The van der Waals surface area contributed by atoms with E-state index in [1.54, 1.807) is 0 Å². The predicted octanol–water partition coefficient (Wildman–Crippen LogP) is 4.16. The zero-order chi connectivity index (χ0) is 22.3. The molecule has 0 spiro atoms. The summed E-state index contributed by atoms with van der Waals surface area (Å²) in [5.41, 5.74) is 9.33. The largest absolute Gasteiger partial charge is 0.481 e. The maximum absolute atomic E-state index is 11.2. The molecule has 5 N–H and O–H groups in total. The number of primary amides is 2. The molecule has 0 heterocycles. The Labute approximate surface area is 176 Å². The van der Waals surface area contributed by atoms with E-state index in [9.17, 15) is 19.5 Å². The smallest absolute Gasteiger partial charge is 0.306 e. The van der Waals surface area contributed by atoms with E-state index >= 15 is 0 Å². The highest BCUT2D eigenvalue weighted by molar-refractivity contribution is 5.77. The fraction of sp³-hybridized carbons (Fsp3) is 0.864. The lowest BCUT2D eigenvalue weighted by molar-refractivity contribution is -0.142. The van der Waals surface area contributed by atoms with Crippen LogP contribution in [0.2, 0.25) is 0 Å². The zero-order valence-corrected chi connectivity index (χ0v) is 18.6. The van der Waals surface area contributed by atoms with Gasteiger partial charge in [0.05, 0.1) is 5.92 Å². The van der Waals surface area contributed by atoms with E-state index in [2.05, 4.69) is 30.1 Å². The van der Waals surface area contributed by atoms with Crippen LogP contribution in [0.3, 0.4) is 0 Å². The van der Waals surface area contributed by atoms with Gasteiger partial charge in [-0.1, -0.05) is 90.9 Å². The molecule has 1 atom stereocenters. The Morgan fingerprint density at radius 1 is 0.690 bits per heavy atom. The van der Waals surface area contributed by atoms with Crippen molar-refractivity contribution in [3.05, 3.63) is 0 Å². The van der Waals surface area contributed by atoms with E-state index in [-0.39, 0.29) is 19.1 Å². The van der Waals surface area contributed by atoms with Crippen molar-refractivity contribution in [3.8, 4) is 0 Å². The average molecular weight is 417 g/mol. The molecule has 0 aliphatic carbocycles. The topological polar surface area (TPSA) is 133 Å². The Kier molecular flexibility index (Phi) is 23.1. The van der Waals surface area contributed by atoms with Crippen molar-refractivity contribution >= 4 is 17.8 Å². The lowest BCUT2D eigenvalue weighted by atomic mass is 9.94. The van der Waals surface area contributed by atoms with Crippen LogP contribution in [0.25, 0.3) is 0 Å². The zero-order valence-electron chi connectivity index (χ0n) is 18.6. The van der Waals surface area contributed by atoms with Crippen LogP contribution in [0.5, 0.6) is 0 Å². The number of ether oxygens (including phenoxy) is 1. The molecule has 2 amide bonds. The number of carboxylic acids is 1. The Balaban J connectivity index is 0. The minimum atomic E-state index is -0.615. The van der Waals surface area contributed by atoms with Crippen molar-refractivity contribution in [1.29, 1.82) is 0 Å². The van der Waals surface area contributed by atoms with Crippen molar-refractivity contribution in [1.82, 2.24) is 0 Å². The quantitative estimate of drug-likeness (QED) is 0.272. The normalized spacial score (nSPS) is 11.4. The van der Waals surface area contributed by atoms with Crippen molar-refractivity contribution in [3.63, 3.8) is 0 Å². The van der Waals surface area contributed by atoms with Crippen LogP contribution in [0.15, 0.2) is 0 Å². The first-order chi connectivity index (χ1) is 13.8. The van der Waals surface area contributed by atoms with E-state index in [4.69, 9.17) is 0 Å². The van der Waals surface area contributed by atoms with E-state index in [1.165, 1.54) is 64.2 Å². The number of carbonyl (C=O) groups is 3. The summed E-state index contributed by atoms with van der Waals surface area (Å²) in [4.78, 5) is 31.1. The third-order valence-electron chi connectivity index (χ3n) is 4.65. The van der Waals surface area contributed by atoms with Gasteiger partial charge in [-0.15, -0.1) is 0 Å². The van der Waals surface area contributed by atoms with Gasteiger partial charge >= 0.3 is 5.97 Å². The minimum absolute atomic E-state index is 0.0905. The van der Waals surface area contributed by atoms with Crippen LogP contribution < -0.4 is 11.5 Å². The molecule has 0 rings (SSSR count). The average Bonchev–Trinajstić information content (AvgIpc) is 2.65. The third-order valence-corrected chi connectivity index (χ3v) is 4.65. The standard InChI is InChI=1S/C18H36O2.C4H8N2O3/c1-3-5-7-9-10-12-14-16-17(18(19)20)15-13-11-8-6-4-2;5-3(7)1-9-2-4(6)8/h17H,3-16H2,1-2H3,(H,19,20);1-2H2,(H2,5,7)(H2,6,8). The highest BCUT2D eigenvalue weighted by atomic mass is 16.5. The summed E-state index contributed by atoms with van der Waals surface area (Å²) in [5.74, 6) is -1.90. The highest BCUT2D eigenvalue weighted by Crippen LogP contribution is 2.19. The Morgan fingerprint density at radius 2 is 1.03 bits per heavy atom. The Hall–Kier alpha value is -1.63. The number of carboxylic acid groups (broad SMARTS) is 1. The lowest BCUT2D eigenvalue weighted by Crippen LogP contribution is -2.24. The first kappa shape index (κ1) is 29.6. The number of amides is 2. The number of nitrogens with two attached hydrogens (primary N) is 2. The molecule has 0 radical (unpaired) electrons. The lowest BCUT2D eigenvalue weighted by Gasteiger charge is -2.12. The van der Waals surface area contributed by atoms with Gasteiger partial charge in [-0.3, -0.25) is 14.4 Å². The van der Waals surface area contributed by atoms with Crippen molar-refractivity contribution < 1.29 is 24.2 Å². The van der Waals surface area contributed by atoms with Crippen LogP contribution in [0.4, 0.5) is 0 Å². The van der Waals surface area contributed by atoms with Gasteiger partial charge in [0.15, 0.2) is 0 Å². The number of hydrogen-bond donors (Lipinski definition) is 3. The number of unbranched alkanes of at least 4 members (excludes halogenated alkanes) is 10. The maximum Gasteiger partial charge on any atom is 0.306 e. The van der Waals surface area contributed by atoms with Crippen LogP contribution in [-0.4, -0.2) is 36.1 Å². The van der Waals surface area contributed by atoms with Gasteiger partial charge in [0.2, 0.25) is 11.8 Å². The number of aliphatic carboxylic acids is 1. The molecular formula is C22H44N2O5. The van der Waals surface area contributed by atoms with Gasteiger partial charge in [-0.2, -0.15) is 0 Å². The van der Waals surface area contributed by atoms with Crippen molar-refractivity contribution in [2.75, 3.05) is 13.2 Å². The van der Waals surface area contributed by atoms with Gasteiger partial charge < -0.3 is 21.3 Å². The predicted molar refractivity (Wildman–Crippen MR) is 116 cm³/mol. The van der Waals surface area contributed by atoms with E-state index in [1.807, 2.05) is 0 Å². The Morgan fingerprint density at radius 3 is 1.34 bits per heavy atom. The number of rotatable bonds is 19. The first-order valence-corrected chi connectivity index (χ1v) is 11.2. The molecule has 1 unspecified atom stereocenters. The summed E-state index contributed by atoms with van der Waals surface area (Å²) in [7, 11) is 0. The molecule has 0 aromatic heterocycles. The number of hydrogen-bond acceptors (Lipinski definition) is 4. The molecule has 0 saturated carbocycles. The molecule has 0 aromatic carbocycles. The third kappa shape index (κ3) is 26.4. The molecule has 0 fully saturated rings. The Bertz CT molecular complexity index is 402. The summed E-state index contributed by atoms with van der Waals surface area (Å²) in [5, 5.41) is 9.25. The van der Waals surface area contributed by atoms with Gasteiger partial charge in [0.1, 0.15) is 13.2 Å². The van der Waals surface area contributed by atoms with Gasteiger partial charge in [-0.25, -0.2) is 0 Å². The molecule has 29 heavy (non-hydrogen) atoms. The summed E-state index contributed by atoms with van der Waals surface area (Å²) >= 11 is 0. The first-order valence-electron chi connectivity index (χ1n) is 11.2. The van der Waals surface area contributed by atoms with Gasteiger partial charge in [0.25, 0.3) is 0 Å². The molecule has 0 bridgehead atoms. The van der Waals surface area contributed by atoms with E-state index < -0.39 is 17.8 Å². The molecule has 0 aliphatic rings. The molecular weight excluding hydrogens is 372 g/mol. The minimum Gasteiger partial charge on any atom is -0.481 e. The molecule has 7 nitrogen and oxygen atoms in total. The van der Waals surface area contributed by atoms with Crippen LogP contribution in [0.1, 0.15) is 104 Å². The SMILES string of the molecule is CCCCCCCCCC(CCCCCCC)C(=O)O.NC(=O)COCC(N)=O.